The maximum atomic E-state index is 13.2. The first kappa shape index (κ1) is 24.5. The Morgan fingerprint density at radius 2 is 1.84 bits per heavy atom. The maximum Gasteiger partial charge on any atom is 0.416 e. The molecule has 0 saturated heterocycles. The van der Waals surface area contributed by atoms with Gasteiger partial charge in [-0.1, -0.05) is 12.1 Å². The number of hydrogen-bond acceptors (Lipinski definition) is 6. The number of benzene rings is 2. The van der Waals surface area contributed by atoms with E-state index in [2.05, 4.69) is 30.1 Å². The van der Waals surface area contributed by atoms with Gasteiger partial charge in [-0.3, -0.25) is 4.68 Å². The van der Waals surface area contributed by atoms with Crippen LogP contribution in [0.2, 0.25) is 0 Å². The van der Waals surface area contributed by atoms with Gasteiger partial charge in [0, 0.05) is 24.5 Å². The van der Waals surface area contributed by atoms with Crippen LogP contribution in [0.4, 0.5) is 24.7 Å². The van der Waals surface area contributed by atoms with E-state index in [-0.39, 0.29) is 4.90 Å². The van der Waals surface area contributed by atoms with Crippen molar-refractivity contribution in [2.75, 3.05) is 12.4 Å². The first-order valence-electron chi connectivity index (χ1n) is 10.9. The lowest BCUT2D eigenvalue weighted by molar-refractivity contribution is -0.137. The van der Waals surface area contributed by atoms with Crippen molar-refractivity contribution in [3.05, 3.63) is 72.7 Å². The van der Waals surface area contributed by atoms with E-state index < -0.39 is 21.8 Å². The number of hydrogen-bond donors (Lipinski definition) is 3. The monoisotopic (exact) mass is 527 g/mol. The van der Waals surface area contributed by atoms with Gasteiger partial charge in [0.2, 0.25) is 10.0 Å². The summed E-state index contributed by atoms with van der Waals surface area (Å²) in [6.45, 7) is 0. The van der Waals surface area contributed by atoms with Crippen LogP contribution >= 0.6 is 0 Å². The van der Waals surface area contributed by atoms with Gasteiger partial charge < -0.3 is 10.3 Å². The zero-order valence-electron chi connectivity index (χ0n) is 19.5. The zero-order chi connectivity index (χ0) is 26.4. The molecule has 0 atom stereocenters. The van der Waals surface area contributed by atoms with Crippen LogP contribution in [0.1, 0.15) is 5.56 Å². The molecule has 0 radical (unpaired) electrons. The smallest absolute Gasteiger partial charge is 0.339 e. The summed E-state index contributed by atoms with van der Waals surface area (Å²) in [4.78, 5) is 11.6. The van der Waals surface area contributed by atoms with E-state index in [1.165, 1.54) is 31.6 Å². The Kier molecular flexibility index (Phi) is 5.96. The van der Waals surface area contributed by atoms with Crippen molar-refractivity contribution in [2.24, 2.45) is 7.05 Å². The highest BCUT2D eigenvalue weighted by atomic mass is 32.2. The molecule has 5 aromatic rings. The van der Waals surface area contributed by atoms with Crippen molar-refractivity contribution in [3.8, 4) is 22.5 Å². The molecule has 3 N–H and O–H groups in total. The third-order valence-electron chi connectivity index (χ3n) is 5.85. The van der Waals surface area contributed by atoms with E-state index in [0.29, 0.717) is 39.4 Å². The van der Waals surface area contributed by atoms with Gasteiger partial charge in [-0.2, -0.15) is 18.3 Å². The zero-order valence-corrected chi connectivity index (χ0v) is 20.3. The second-order valence-electron chi connectivity index (χ2n) is 8.13. The number of aryl methyl sites for hydroxylation is 1. The summed E-state index contributed by atoms with van der Waals surface area (Å²) in [7, 11) is -0.665. The minimum atomic E-state index is -4.48. The Bertz CT molecular complexity index is 1730. The number of halogens is 3. The van der Waals surface area contributed by atoms with Gasteiger partial charge in [-0.15, -0.1) is 0 Å². The lowest BCUT2D eigenvalue weighted by atomic mass is 10.1. The molecule has 0 bridgehead atoms. The van der Waals surface area contributed by atoms with Gasteiger partial charge >= 0.3 is 6.18 Å². The molecule has 37 heavy (non-hydrogen) atoms. The third-order valence-corrected chi connectivity index (χ3v) is 7.26. The molecule has 0 aliphatic carbocycles. The standard InChI is InChI=1S/C24H20F3N7O2S/c1-28-37(35,36)16-6-7-17(21-8-9-31-34(21)2)20(11-16)33-23-18-12-19(32-22(18)29-13-30-23)14-4-3-5-15(10-14)24(25,26)27/h3-13,28H,1-2H3,(H2,29,30,32,33). The van der Waals surface area contributed by atoms with Crippen LogP contribution in [0.5, 0.6) is 0 Å². The van der Waals surface area contributed by atoms with Crippen LogP contribution in [0.3, 0.4) is 0 Å². The summed E-state index contributed by atoms with van der Waals surface area (Å²) in [5.74, 6) is 0.335. The van der Waals surface area contributed by atoms with Gasteiger partial charge in [0.1, 0.15) is 17.8 Å². The molecular formula is C24H20F3N7O2S. The summed E-state index contributed by atoms with van der Waals surface area (Å²) in [6.07, 6.45) is -1.56. The molecule has 3 heterocycles. The second-order valence-corrected chi connectivity index (χ2v) is 10.0. The van der Waals surface area contributed by atoms with Gasteiger partial charge in [0.25, 0.3) is 0 Å². The van der Waals surface area contributed by atoms with Crippen LogP contribution < -0.4 is 10.0 Å². The van der Waals surface area contributed by atoms with Crippen LogP contribution in [0.25, 0.3) is 33.5 Å². The summed E-state index contributed by atoms with van der Waals surface area (Å²) in [5, 5.41) is 7.88. The van der Waals surface area contributed by atoms with Gasteiger partial charge in [0.05, 0.1) is 27.2 Å². The van der Waals surface area contributed by atoms with E-state index in [0.717, 1.165) is 17.8 Å². The summed E-state index contributed by atoms with van der Waals surface area (Å²) < 4.78 is 68.6. The van der Waals surface area contributed by atoms with E-state index in [1.807, 2.05) is 0 Å². The summed E-state index contributed by atoms with van der Waals surface area (Å²) >= 11 is 0. The maximum absolute atomic E-state index is 13.2. The molecule has 0 aliphatic rings. The quantitative estimate of drug-likeness (QED) is 0.295. The predicted octanol–water partition coefficient (Wildman–Crippen LogP) is 4.70. The number of alkyl halides is 3. The fourth-order valence-electron chi connectivity index (χ4n) is 3.96. The Hall–Kier alpha value is -4.23. The largest absolute Gasteiger partial charge is 0.416 e. The fourth-order valence-corrected chi connectivity index (χ4v) is 4.71. The van der Waals surface area contributed by atoms with Crippen LogP contribution in [-0.2, 0) is 23.2 Å². The molecule has 0 saturated carbocycles. The number of rotatable bonds is 6. The normalized spacial score (nSPS) is 12.2. The van der Waals surface area contributed by atoms with Crippen molar-refractivity contribution in [1.82, 2.24) is 29.5 Å². The minimum Gasteiger partial charge on any atom is -0.339 e. The first-order chi connectivity index (χ1) is 17.6. The van der Waals surface area contributed by atoms with E-state index in [4.69, 9.17) is 0 Å². The van der Waals surface area contributed by atoms with Crippen molar-refractivity contribution in [2.45, 2.75) is 11.1 Å². The molecule has 0 unspecified atom stereocenters. The molecule has 0 aliphatic heterocycles. The van der Waals surface area contributed by atoms with Crippen LogP contribution in [0.15, 0.2) is 72.0 Å². The molecule has 0 fully saturated rings. The third kappa shape index (κ3) is 4.66. The molecule has 9 nitrogen and oxygen atoms in total. The van der Waals surface area contributed by atoms with E-state index >= 15 is 0 Å². The SMILES string of the molecule is CNS(=O)(=O)c1ccc(-c2ccnn2C)c(Nc2ncnc3[nH]c(-c4cccc(C(F)(F)F)c4)cc23)c1. The number of anilines is 2. The molecule has 0 spiro atoms. The average Bonchev–Trinajstić information content (AvgIpc) is 3.50. The van der Waals surface area contributed by atoms with Crippen LogP contribution in [-0.4, -0.2) is 40.2 Å². The summed E-state index contributed by atoms with van der Waals surface area (Å²) in [5.41, 5.74) is 2.19. The number of sulfonamides is 1. The number of aromatic nitrogens is 5. The topological polar surface area (TPSA) is 118 Å². The number of H-pyrrole nitrogens is 1. The van der Waals surface area contributed by atoms with Crippen molar-refractivity contribution < 1.29 is 21.6 Å². The number of nitrogens with zero attached hydrogens (tertiary/aromatic N) is 4. The van der Waals surface area contributed by atoms with Crippen molar-refractivity contribution >= 4 is 32.6 Å². The molecule has 0 amide bonds. The summed E-state index contributed by atoms with van der Waals surface area (Å²) in [6, 6.07) is 13.0. The van der Waals surface area contributed by atoms with Gasteiger partial charge in [0.15, 0.2) is 0 Å². The van der Waals surface area contributed by atoms with Crippen molar-refractivity contribution in [1.29, 1.82) is 0 Å². The molecular weight excluding hydrogens is 507 g/mol. The van der Waals surface area contributed by atoms with E-state index in [9.17, 15) is 21.6 Å². The minimum absolute atomic E-state index is 0.0347. The Labute approximate surface area is 209 Å². The lowest BCUT2D eigenvalue weighted by Gasteiger charge is -2.14. The van der Waals surface area contributed by atoms with Gasteiger partial charge in [-0.25, -0.2) is 23.1 Å². The predicted molar refractivity (Wildman–Crippen MR) is 132 cm³/mol. The average molecular weight is 528 g/mol. The highest BCUT2D eigenvalue weighted by Crippen LogP contribution is 2.36. The molecule has 2 aromatic carbocycles. The Balaban J connectivity index is 1.62. The Morgan fingerprint density at radius 3 is 2.54 bits per heavy atom. The molecule has 3 aromatic heterocycles. The molecule has 13 heteroatoms. The number of nitrogens with one attached hydrogen (secondary N) is 3. The van der Waals surface area contributed by atoms with Crippen LogP contribution in [0, 0.1) is 0 Å². The first-order valence-corrected chi connectivity index (χ1v) is 12.4. The highest BCUT2D eigenvalue weighted by molar-refractivity contribution is 7.89. The van der Waals surface area contributed by atoms with Crippen molar-refractivity contribution in [3.63, 3.8) is 0 Å². The second kappa shape index (κ2) is 9.01. The highest BCUT2D eigenvalue weighted by Gasteiger charge is 2.30. The Morgan fingerprint density at radius 1 is 1.03 bits per heavy atom. The lowest BCUT2D eigenvalue weighted by Crippen LogP contribution is -2.18. The fraction of sp³-hybridized carbons (Fsp3) is 0.125. The molecule has 5 rings (SSSR count). The van der Waals surface area contributed by atoms with E-state index in [1.54, 1.807) is 42.2 Å². The number of fused-ring (bicyclic) bond motifs is 1. The molecule has 190 valence electrons. The van der Waals surface area contributed by atoms with Gasteiger partial charge in [-0.05, 0) is 55.1 Å². The number of aromatic amines is 1.